The highest BCUT2D eigenvalue weighted by molar-refractivity contribution is 7.28. The molecule has 0 radical (unpaired) electrons. The van der Waals surface area contributed by atoms with Crippen LogP contribution in [0.1, 0.15) is 47.3 Å². The molecule has 5 N–H and O–H groups in total. The number of ether oxygens (including phenoxy) is 1. The van der Waals surface area contributed by atoms with Crippen molar-refractivity contribution in [2.24, 2.45) is 11.5 Å². The summed E-state index contributed by atoms with van der Waals surface area (Å²) in [6.45, 7) is 2.90. The van der Waals surface area contributed by atoms with Crippen molar-refractivity contribution in [3.8, 4) is 11.1 Å². The normalized spacial score (nSPS) is 19.9. The lowest BCUT2D eigenvalue weighted by atomic mass is 9.91. The Morgan fingerprint density at radius 2 is 1.90 bits per heavy atom. The summed E-state index contributed by atoms with van der Waals surface area (Å²) < 4.78 is 7.28. The number of primary amides is 1. The summed E-state index contributed by atoms with van der Waals surface area (Å²) >= 11 is 4.76. The van der Waals surface area contributed by atoms with E-state index in [1.54, 1.807) is 34.9 Å². The van der Waals surface area contributed by atoms with Crippen LogP contribution >= 0.6 is 34.0 Å². The summed E-state index contributed by atoms with van der Waals surface area (Å²) in [5, 5.41) is 10.8. The topological polar surface area (TPSA) is 124 Å². The molecule has 1 aliphatic heterocycles. The Morgan fingerprint density at radius 3 is 2.69 bits per heavy atom. The van der Waals surface area contributed by atoms with Crippen LogP contribution in [0, 0.1) is 0 Å². The van der Waals surface area contributed by atoms with Crippen LogP contribution in [0.25, 0.3) is 20.5 Å². The zero-order chi connectivity index (χ0) is 26.9. The molecule has 204 valence electrons. The van der Waals surface area contributed by atoms with Crippen LogP contribution in [0.4, 0.5) is 10.7 Å². The highest BCUT2D eigenvalue weighted by Gasteiger charge is 2.23. The van der Waals surface area contributed by atoms with E-state index in [2.05, 4.69) is 31.3 Å². The number of nitrogens with zero attached hydrogens (tertiary/aromatic N) is 2. The van der Waals surface area contributed by atoms with Gasteiger partial charge in [-0.15, -0.1) is 22.7 Å². The lowest BCUT2D eigenvalue weighted by Gasteiger charge is -2.30. The molecule has 6 rings (SSSR count). The second-order valence-corrected chi connectivity index (χ2v) is 12.8. The number of pyridine rings is 1. The number of nitrogens with one attached hydrogen (secondary N) is 1. The molecule has 4 aromatic heterocycles. The molecule has 8 nitrogen and oxygen atoms in total. The second-order valence-electron chi connectivity index (χ2n) is 10.1. The van der Waals surface area contributed by atoms with E-state index < -0.39 is 5.91 Å². The number of amides is 1. The predicted octanol–water partition coefficient (Wildman–Crippen LogP) is 4.65. The monoisotopic (exact) mass is 581 g/mol. The van der Waals surface area contributed by atoms with Crippen LogP contribution in [0.3, 0.4) is 0 Å². The Hall–Kier alpha value is -2.83. The third kappa shape index (κ3) is 5.46. The molecule has 11 heteroatoms. The number of fused-ring (bicyclic) bond motifs is 1. The van der Waals surface area contributed by atoms with Crippen molar-refractivity contribution in [3.05, 3.63) is 61.5 Å². The van der Waals surface area contributed by atoms with Crippen LogP contribution in [0.5, 0.6) is 0 Å². The van der Waals surface area contributed by atoms with Gasteiger partial charge in [-0.1, -0.05) is 12.8 Å². The van der Waals surface area contributed by atoms with Crippen molar-refractivity contribution in [2.75, 3.05) is 36.5 Å². The second kappa shape index (κ2) is 11.3. The van der Waals surface area contributed by atoms with E-state index in [4.69, 9.17) is 16.2 Å². The molecule has 0 spiro atoms. The number of morpholine rings is 1. The van der Waals surface area contributed by atoms with Gasteiger partial charge in [0.05, 0.1) is 39.5 Å². The number of thiophene rings is 2. The minimum absolute atomic E-state index is 0.0539. The summed E-state index contributed by atoms with van der Waals surface area (Å²) in [6, 6.07) is 4.03. The Balaban J connectivity index is 1.34. The van der Waals surface area contributed by atoms with Crippen molar-refractivity contribution in [2.45, 2.75) is 44.2 Å². The molecule has 0 bridgehead atoms. The number of carbonyl (C=O) groups excluding carboxylic acids is 1. The highest BCUT2D eigenvalue weighted by atomic mass is 32.1. The van der Waals surface area contributed by atoms with Crippen LogP contribution in [-0.4, -0.2) is 49.3 Å². The average molecular weight is 582 g/mol. The van der Waals surface area contributed by atoms with E-state index in [-0.39, 0.29) is 23.2 Å². The maximum absolute atomic E-state index is 13.0. The van der Waals surface area contributed by atoms with Gasteiger partial charge in [0.25, 0.3) is 5.91 Å². The van der Waals surface area contributed by atoms with Crippen molar-refractivity contribution in [1.29, 1.82) is 0 Å². The number of carbonyl (C=O) groups is 1. The summed E-state index contributed by atoms with van der Waals surface area (Å²) in [5.41, 5.74) is 17.2. The molecular weight excluding hydrogens is 551 g/mol. The van der Waals surface area contributed by atoms with Crippen molar-refractivity contribution in [1.82, 2.24) is 4.98 Å². The zero-order valence-electron chi connectivity index (χ0n) is 21.5. The molecule has 5 heterocycles. The first-order chi connectivity index (χ1) is 19.0. The molecule has 4 aromatic rings. The fourth-order valence-corrected chi connectivity index (χ4v) is 8.69. The van der Waals surface area contributed by atoms with E-state index >= 15 is 0 Å². The van der Waals surface area contributed by atoms with E-state index in [9.17, 15) is 9.59 Å². The van der Waals surface area contributed by atoms with E-state index in [0.29, 0.717) is 19.6 Å². The van der Waals surface area contributed by atoms with Gasteiger partial charge in [0.1, 0.15) is 5.69 Å². The fraction of sp³-hybridized carbons (Fsp3) is 0.393. The molecule has 1 aliphatic carbocycles. The Bertz CT molecular complexity index is 1560. The SMILES string of the molecule is NC(=O)c1ncc(N[C@H]2CCCC[C@H]2N)cc1Cc1cscc1-c1csc2c(=O)cc(N3CCOCC3)sc12. The van der Waals surface area contributed by atoms with E-state index in [0.717, 1.165) is 81.1 Å². The molecule has 0 unspecified atom stereocenters. The van der Waals surface area contributed by atoms with Crippen molar-refractivity contribution in [3.63, 3.8) is 0 Å². The highest BCUT2D eigenvalue weighted by Crippen LogP contribution is 2.41. The Kier molecular flexibility index (Phi) is 7.68. The molecule has 2 atom stereocenters. The van der Waals surface area contributed by atoms with Crippen molar-refractivity contribution >= 4 is 60.0 Å². The number of anilines is 2. The third-order valence-corrected chi connectivity index (χ3v) is 10.7. The number of hydrogen-bond donors (Lipinski definition) is 3. The Morgan fingerprint density at radius 1 is 1.08 bits per heavy atom. The largest absolute Gasteiger partial charge is 0.379 e. The molecule has 2 fully saturated rings. The number of aromatic nitrogens is 1. The van der Waals surface area contributed by atoms with Gasteiger partial charge in [0, 0.05) is 48.6 Å². The summed E-state index contributed by atoms with van der Waals surface area (Å²) in [4.78, 5) is 32.0. The summed E-state index contributed by atoms with van der Waals surface area (Å²) in [5.74, 6) is -0.544. The minimum atomic E-state index is -0.544. The first kappa shape index (κ1) is 26.4. The molecule has 1 saturated heterocycles. The number of nitrogens with two attached hydrogens (primary N) is 2. The maximum atomic E-state index is 13.0. The van der Waals surface area contributed by atoms with Crippen molar-refractivity contribution < 1.29 is 9.53 Å². The number of rotatable bonds is 7. The molecule has 2 aliphatic rings. The predicted molar refractivity (Wildman–Crippen MR) is 162 cm³/mol. The van der Waals surface area contributed by atoms with E-state index in [1.165, 1.54) is 11.3 Å². The Labute approximate surface area is 238 Å². The van der Waals surface area contributed by atoms with Gasteiger partial charge in [0.2, 0.25) is 0 Å². The molecule has 39 heavy (non-hydrogen) atoms. The van der Waals surface area contributed by atoms with Gasteiger partial charge in [-0.2, -0.15) is 11.3 Å². The smallest absolute Gasteiger partial charge is 0.267 e. The average Bonchev–Trinajstić information content (AvgIpc) is 3.57. The fourth-order valence-electron chi connectivity index (χ4n) is 5.46. The van der Waals surface area contributed by atoms with Gasteiger partial charge < -0.3 is 26.4 Å². The van der Waals surface area contributed by atoms with Gasteiger partial charge in [-0.25, -0.2) is 4.98 Å². The molecular formula is C28H31N5O3S3. The van der Waals surface area contributed by atoms with E-state index in [1.807, 2.05) is 6.07 Å². The molecule has 0 aromatic carbocycles. The quantitative estimate of drug-likeness (QED) is 0.290. The lowest BCUT2D eigenvalue weighted by Crippen LogP contribution is -2.42. The number of hydrogen-bond acceptors (Lipinski definition) is 10. The lowest BCUT2D eigenvalue weighted by molar-refractivity contribution is 0.0994. The zero-order valence-corrected chi connectivity index (χ0v) is 23.9. The molecule has 1 saturated carbocycles. The van der Waals surface area contributed by atoms with Crippen LogP contribution < -0.4 is 27.1 Å². The van der Waals surface area contributed by atoms with Crippen LogP contribution in [0.2, 0.25) is 0 Å². The van der Waals surface area contributed by atoms with Crippen LogP contribution in [0.15, 0.2) is 39.3 Å². The van der Waals surface area contributed by atoms with Gasteiger partial charge in [-0.05, 0) is 46.4 Å². The van der Waals surface area contributed by atoms with Gasteiger partial charge in [0.15, 0.2) is 5.43 Å². The standard InChI is InChI=1S/C28H31N5O3S3/c29-21-3-1-2-4-22(21)32-18-10-16(25(28(30)35)31-12-18)9-17-13-37-14-19(17)20-15-38-27-23(34)11-24(39-26(20)27)33-5-7-36-8-6-33/h10-15,21-22,32H,1-9,29H2,(H2,30,35)/t21-,22+/m1/s1. The summed E-state index contributed by atoms with van der Waals surface area (Å²) in [7, 11) is 0. The maximum Gasteiger partial charge on any atom is 0.267 e. The van der Waals surface area contributed by atoms with Crippen LogP contribution in [-0.2, 0) is 11.2 Å². The van der Waals surface area contributed by atoms with Gasteiger partial charge >= 0.3 is 0 Å². The first-order valence-corrected chi connectivity index (χ1v) is 15.9. The van der Waals surface area contributed by atoms with Gasteiger partial charge in [-0.3, -0.25) is 9.59 Å². The summed E-state index contributed by atoms with van der Waals surface area (Å²) in [6.07, 6.45) is 6.51. The first-order valence-electron chi connectivity index (χ1n) is 13.2. The minimum Gasteiger partial charge on any atom is -0.379 e. The third-order valence-electron chi connectivity index (χ3n) is 7.54. The molecule has 1 amide bonds.